The number of nitrogens with zero attached hydrogens (tertiary/aromatic N) is 1. The minimum atomic E-state index is -5.08. The largest absolute Gasteiger partial charge is 0.490 e. The number of rotatable bonds is 0. The van der Waals surface area contributed by atoms with Crippen LogP contribution >= 0.6 is 0 Å². The maximum Gasteiger partial charge on any atom is 0.490 e. The number of halogens is 6. The zero-order chi connectivity index (χ0) is 17.3. The molecule has 0 aromatic rings. The molecule has 0 aromatic carbocycles. The van der Waals surface area contributed by atoms with Crippen molar-refractivity contribution in [2.24, 2.45) is 0 Å². The minimum absolute atomic E-state index is 0.153. The molecule has 0 aromatic heterocycles. The predicted molar refractivity (Wildman–Crippen MR) is 54.0 cm³/mol. The van der Waals surface area contributed by atoms with Gasteiger partial charge in [-0.3, -0.25) is 0 Å². The molecule has 12 heteroatoms. The summed E-state index contributed by atoms with van der Waals surface area (Å²) in [6, 6.07) is 2.31. The lowest BCUT2D eigenvalue weighted by atomic mass is 10.2. The minimum Gasteiger partial charge on any atom is -0.475 e. The molecule has 1 aliphatic rings. The smallest absolute Gasteiger partial charge is 0.475 e. The fourth-order valence-corrected chi connectivity index (χ4v) is 0.795. The van der Waals surface area contributed by atoms with E-state index in [1.807, 2.05) is 0 Å². The summed E-state index contributed by atoms with van der Waals surface area (Å²) >= 11 is 0. The molecule has 0 saturated carbocycles. The Morgan fingerprint density at radius 1 is 1.05 bits per heavy atom. The van der Waals surface area contributed by atoms with E-state index in [1.165, 1.54) is 0 Å². The molecular formula is C9H10F6N2O4. The maximum atomic E-state index is 10.6. The molecule has 0 amide bonds. The second-order valence-electron chi connectivity index (χ2n) is 3.38. The number of carboxylic acids is 2. The Kier molecular flexibility index (Phi) is 9.12. The van der Waals surface area contributed by atoms with Crippen LogP contribution in [0.15, 0.2) is 0 Å². The van der Waals surface area contributed by atoms with Gasteiger partial charge in [-0.05, 0) is 19.4 Å². The van der Waals surface area contributed by atoms with Gasteiger partial charge in [0.1, 0.15) is 0 Å². The average Bonchev–Trinajstić information content (AvgIpc) is 2.80. The number of alkyl halides is 6. The fourth-order valence-electron chi connectivity index (χ4n) is 0.795. The van der Waals surface area contributed by atoms with Gasteiger partial charge in [0.05, 0.1) is 12.1 Å². The zero-order valence-corrected chi connectivity index (χ0v) is 10.1. The summed E-state index contributed by atoms with van der Waals surface area (Å²) < 4.78 is 63.5. The first-order chi connectivity index (χ1) is 9.32. The molecule has 6 nitrogen and oxygen atoms in total. The molecule has 122 valence electrons. The first-order valence-electron chi connectivity index (χ1n) is 5.05. The van der Waals surface area contributed by atoms with Crippen LogP contribution in [0.3, 0.4) is 0 Å². The molecule has 1 heterocycles. The number of carbonyl (C=O) groups is 2. The van der Waals surface area contributed by atoms with E-state index < -0.39 is 24.3 Å². The highest BCUT2D eigenvalue weighted by Gasteiger charge is 2.38. The molecule has 1 fully saturated rings. The van der Waals surface area contributed by atoms with Gasteiger partial charge in [0.15, 0.2) is 0 Å². The maximum absolute atomic E-state index is 10.6. The van der Waals surface area contributed by atoms with Crippen molar-refractivity contribution < 1.29 is 46.1 Å². The lowest BCUT2D eigenvalue weighted by molar-refractivity contribution is -0.193. The predicted octanol–water partition coefficient (Wildman–Crippen LogP) is 1.53. The van der Waals surface area contributed by atoms with Crippen molar-refractivity contribution in [3.63, 3.8) is 0 Å². The third-order valence-corrected chi connectivity index (χ3v) is 1.70. The van der Waals surface area contributed by atoms with Gasteiger partial charge in [0, 0.05) is 0 Å². The SMILES string of the molecule is N#CC1CCCN1.O=C(O)C(F)(F)F.O=C(O)C(F)(F)F. The van der Waals surface area contributed by atoms with Crippen LogP contribution in [0.2, 0.25) is 0 Å². The van der Waals surface area contributed by atoms with Crippen molar-refractivity contribution in [1.29, 1.82) is 5.26 Å². The molecule has 0 aliphatic carbocycles. The Morgan fingerprint density at radius 3 is 1.48 bits per heavy atom. The van der Waals surface area contributed by atoms with Crippen molar-refractivity contribution in [3.05, 3.63) is 0 Å². The van der Waals surface area contributed by atoms with E-state index in [4.69, 9.17) is 25.1 Å². The topological polar surface area (TPSA) is 110 Å². The molecular weight excluding hydrogens is 314 g/mol. The molecule has 1 aliphatic heterocycles. The van der Waals surface area contributed by atoms with Gasteiger partial charge < -0.3 is 15.5 Å². The summed E-state index contributed by atoms with van der Waals surface area (Å²) in [4.78, 5) is 17.8. The van der Waals surface area contributed by atoms with Crippen molar-refractivity contribution in [2.75, 3.05) is 6.54 Å². The number of nitriles is 1. The van der Waals surface area contributed by atoms with E-state index in [1.54, 1.807) is 0 Å². The lowest BCUT2D eigenvalue weighted by Gasteiger charge is -1.93. The number of hydrogen-bond acceptors (Lipinski definition) is 4. The summed E-state index contributed by atoms with van der Waals surface area (Å²) in [5.41, 5.74) is 0. The van der Waals surface area contributed by atoms with Gasteiger partial charge in [-0.2, -0.15) is 31.6 Å². The monoisotopic (exact) mass is 324 g/mol. The number of hydrogen-bond donors (Lipinski definition) is 3. The first-order valence-corrected chi connectivity index (χ1v) is 5.05. The van der Waals surface area contributed by atoms with Gasteiger partial charge in [0.2, 0.25) is 0 Å². The van der Waals surface area contributed by atoms with Gasteiger partial charge in [-0.25, -0.2) is 9.59 Å². The van der Waals surface area contributed by atoms with Crippen LogP contribution in [0.4, 0.5) is 26.3 Å². The Hall–Kier alpha value is -2.03. The van der Waals surface area contributed by atoms with E-state index in [9.17, 15) is 26.3 Å². The molecule has 0 spiro atoms. The average molecular weight is 324 g/mol. The summed E-state index contributed by atoms with van der Waals surface area (Å²) in [5, 5.41) is 25.5. The molecule has 1 atom stereocenters. The van der Waals surface area contributed by atoms with Crippen LogP contribution in [0.25, 0.3) is 0 Å². The molecule has 1 unspecified atom stereocenters. The highest BCUT2D eigenvalue weighted by atomic mass is 19.4. The van der Waals surface area contributed by atoms with Gasteiger partial charge >= 0.3 is 24.3 Å². The zero-order valence-electron chi connectivity index (χ0n) is 10.1. The Morgan fingerprint density at radius 2 is 1.38 bits per heavy atom. The van der Waals surface area contributed by atoms with Crippen LogP contribution in [0.1, 0.15) is 12.8 Å². The van der Waals surface area contributed by atoms with Gasteiger partial charge in [-0.15, -0.1) is 0 Å². The van der Waals surface area contributed by atoms with E-state index in [0.717, 1.165) is 19.4 Å². The molecule has 0 bridgehead atoms. The number of aliphatic carboxylic acids is 2. The Balaban J connectivity index is 0. The number of carboxylic acid groups (broad SMARTS) is 2. The third kappa shape index (κ3) is 12.7. The van der Waals surface area contributed by atoms with Crippen LogP contribution in [0.5, 0.6) is 0 Å². The fraction of sp³-hybridized carbons (Fsp3) is 0.667. The molecule has 0 radical (unpaired) electrons. The summed E-state index contributed by atoms with van der Waals surface area (Å²) in [6.07, 6.45) is -7.96. The van der Waals surface area contributed by atoms with Crippen LogP contribution in [-0.2, 0) is 9.59 Å². The van der Waals surface area contributed by atoms with Gasteiger partial charge in [-0.1, -0.05) is 0 Å². The summed E-state index contributed by atoms with van der Waals surface area (Å²) in [7, 11) is 0. The van der Waals surface area contributed by atoms with E-state index in [2.05, 4.69) is 11.4 Å². The Bertz CT molecular complexity index is 357. The van der Waals surface area contributed by atoms with Gasteiger partial charge in [0.25, 0.3) is 0 Å². The highest BCUT2D eigenvalue weighted by Crippen LogP contribution is 2.13. The van der Waals surface area contributed by atoms with E-state index >= 15 is 0 Å². The van der Waals surface area contributed by atoms with Crippen LogP contribution in [-0.4, -0.2) is 47.1 Å². The lowest BCUT2D eigenvalue weighted by Crippen LogP contribution is -2.21. The van der Waals surface area contributed by atoms with Crippen molar-refractivity contribution in [1.82, 2.24) is 5.32 Å². The molecule has 1 saturated heterocycles. The second-order valence-corrected chi connectivity index (χ2v) is 3.38. The number of nitrogens with one attached hydrogen (secondary N) is 1. The molecule has 1 rings (SSSR count). The van der Waals surface area contributed by atoms with Crippen molar-refractivity contribution in [3.8, 4) is 6.07 Å². The standard InChI is InChI=1S/C5H8N2.2C2HF3O2/c6-4-5-2-1-3-7-5;2*3-2(4,5)1(6)7/h5,7H,1-3H2;2*(H,6,7). The second kappa shape index (κ2) is 9.01. The third-order valence-electron chi connectivity index (χ3n) is 1.70. The molecule has 3 N–H and O–H groups in total. The molecule has 21 heavy (non-hydrogen) atoms. The van der Waals surface area contributed by atoms with E-state index in [0.29, 0.717) is 0 Å². The van der Waals surface area contributed by atoms with Crippen molar-refractivity contribution >= 4 is 11.9 Å². The van der Waals surface area contributed by atoms with E-state index in [-0.39, 0.29) is 6.04 Å². The normalized spacial score (nSPS) is 17.5. The van der Waals surface area contributed by atoms with Crippen LogP contribution < -0.4 is 5.32 Å². The summed E-state index contributed by atoms with van der Waals surface area (Å²) in [6.45, 7) is 1.03. The van der Waals surface area contributed by atoms with Crippen molar-refractivity contribution in [2.45, 2.75) is 31.2 Å². The highest BCUT2D eigenvalue weighted by molar-refractivity contribution is 5.73. The van der Waals surface area contributed by atoms with Crippen LogP contribution in [0, 0.1) is 11.3 Å². The first kappa shape index (κ1) is 21.3. The Labute approximate surface area is 114 Å². The quantitative estimate of drug-likeness (QED) is 0.583. The summed E-state index contributed by atoms with van der Waals surface area (Å²) in [5.74, 6) is -5.51.